The molecule has 2 amide bonds. The van der Waals surface area contributed by atoms with Crippen molar-refractivity contribution in [2.45, 2.75) is 18.9 Å². The van der Waals surface area contributed by atoms with Crippen LogP contribution in [0, 0.1) is 11.3 Å². The fourth-order valence-electron chi connectivity index (χ4n) is 1.74. The minimum absolute atomic E-state index is 0.0965. The topological polar surface area (TPSA) is 93.4 Å². The summed E-state index contributed by atoms with van der Waals surface area (Å²) in [5, 5.41) is 19.9. The fourth-order valence-corrected chi connectivity index (χ4v) is 1.74. The van der Waals surface area contributed by atoms with E-state index in [-0.39, 0.29) is 12.3 Å². The van der Waals surface area contributed by atoms with Crippen molar-refractivity contribution < 1.29 is 14.7 Å². The van der Waals surface area contributed by atoms with E-state index in [0.29, 0.717) is 12.0 Å². The molecule has 0 aliphatic heterocycles. The number of rotatable bonds is 5. The smallest absolute Gasteiger partial charge is 0.404 e. The third-order valence-electron chi connectivity index (χ3n) is 2.81. The number of carbonyl (C=O) groups is 2. The number of amides is 2. The predicted molar refractivity (Wildman–Crippen MR) is 73.1 cm³/mol. The van der Waals surface area contributed by atoms with Crippen LogP contribution < -0.4 is 5.32 Å². The van der Waals surface area contributed by atoms with E-state index >= 15 is 0 Å². The van der Waals surface area contributed by atoms with Gasteiger partial charge in [0.05, 0.1) is 11.6 Å². The van der Waals surface area contributed by atoms with Gasteiger partial charge < -0.3 is 15.3 Å². The van der Waals surface area contributed by atoms with Gasteiger partial charge in [0.15, 0.2) is 0 Å². The van der Waals surface area contributed by atoms with Crippen molar-refractivity contribution in [3.63, 3.8) is 0 Å². The van der Waals surface area contributed by atoms with Gasteiger partial charge in [0.25, 0.3) is 0 Å². The summed E-state index contributed by atoms with van der Waals surface area (Å²) in [5.74, 6) is -0.141. The van der Waals surface area contributed by atoms with Crippen molar-refractivity contribution in [2.75, 3.05) is 14.1 Å². The molecule has 0 radical (unpaired) electrons. The molecule has 1 rings (SSSR count). The van der Waals surface area contributed by atoms with E-state index in [2.05, 4.69) is 5.32 Å². The molecule has 0 spiro atoms. The molecule has 0 fully saturated rings. The number of carboxylic acid groups (broad SMARTS) is 1. The van der Waals surface area contributed by atoms with Gasteiger partial charge in [0.1, 0.15) is 0 Å². The van der Waals surface area contributed by atoms with Gasteiger partial charge in [-0.15, -0.1) is 0 Å². The standard InChI is InChI=1S/C14H17N3O3/c1-17(2)13(18)8-12(16-14(19)20)7-10-3-5-11(9-15)6-4-10/h3-6,12,16H,7-8H2,1-2H3,(H,19,20)/t12-/m1/s1. The maximum atomic E-state index is 11.7. The molecule has 1 aromatic rings. The Hall–Kier alpha value is -2.55. The van der Waals surface area contributed by atoms with Gasteiger partial charge in [-0.2, -0.15) is 5.26 Å². The van der Waals surface area contributed by atoms with Gasteiger partial charge in [-0.05, 0) is 24.1 Å². The molecular formula is C14H17N3O3. The Morgan fingerprint density at radius 3 is 2.40 bits per heavy atom. The van der Waals surface area contributed by atoms with Gasteiger partial charge >= 0.3 is 6.09 Å². The van der Waals surface area contributed by atoms with Crippen molar-refractivity contribution in [1.82, 2.24) is 10.2 Å². The van der Waals surface area contributed by atoms with Gasteiger partial charge in [0.2, 0.25) is 5.91 Å². The van der Waals surface area contributed by atoms with E-state index in [1.54, 1.807) is 38.4 Å². The van der Waals surface area contributed by atoms with Crippen LogP contribution in [0.2, 0.25) is 0 Å². The lowest BCUT2D eigenvalue weighted by Crippen LogP contribution is -2.39. The third-order valence-corrected chi connectivity index (χ3v) is 2.81. The second-order valence-electron chi connectivity index (χ2n) is 4.65. The Labute approximate surface area is 117 Å². The van der Waals surface area contributed by atoms with E-state index in [0.717, 1.165) is 5.56 Å². The zero-order valence-corrected chi connectivity index (χ0v) is 11.5. The Bertz CT molecular complexity index is 517. The lowest BCUT2D eigenvalue weighted by molar-refractivity contribution is -0.129. The largest absolute Gasteiger partial charge is 0.465 e. The highest BCUT2D eigenvalue weighted by Crippen LogP contribution is 2.09. The van der Waals surface area contributed by atoms with Crippen molar-refractivity contribution >= 4 is 12.0 Å². The molecule has 20 heavy (non-hydrogen) atoms. The third kappa shape index (κ3) is 4.98. The highest BCUT2D eigenvalue weighted by molar-refractivity contribution is 5.77. The molecule has 1 aromatic carbocycles. The first-order valence-electron chi connectivity index (χ1n) is 6.11. The number of nitrogens with zero attached hydrogens (tertiary/aromatic N) is 2. The van der Waals surface area contributed by atoms with Crippen LogP contribution in [-0.2, 0) is 11.2 Å². The summed E-state index contributed by atoms with van der Waals surface area (Å²) in [4.78, 5) is 23.9. The van der Waals surface area contributed by atoms with Crippen LogP contribution in [0.1, 0.15) is 17.5 Å². The molecule has 0 aromatic heterocycles. The molecule has 0 heterocycles. The van der Waals surface area contributed by atoms with Gasteiger partial charge in [-0.25, -0.2) is 4.79 Å². The van der Waals surface area contributed by atoms with Crippen LogP contribution in [0.4, 0.5) is 4.79 Å². The van der Waals surface area contributed by atoms with Crippen LogP contribution in [0.15, 0.2) is 24.3 Å². The van der Waals surface area contributed by atoms with E-state index in [1.165, 1.54) is 4.90 Å². The van der Waals surface area contributed by atoms with E-state index in [1.807, 2.05) is 6.07 Å². The van der Waals surface area contributed by atoms with E-state index in [9.17, 15) is 9.59 Å². The van der Waals surface area contributed by atoms with Crippen LogP contribution >= 0.6 is 0 Å². The summed E-state index contributed by atoms with van der Waals surface area (Å²) in [5.41, 5.74) is 1.41. The first-order valence-corrected chi connectivity index (χ1v) is 6.11. The molecular weight excluding hydrogens is 258 g/mol. The summed E-state index contributed by atoms with van der Waals surface area (Å²) >= 11 is 0. The van der Waals surface area contributed by atoms with Crippen LogP contribution in [-0.4, -0.2) is 42.1 Å². The average Bonchev–Trinajstić information content (AvgIpc) is 2.38. The summed E-state index contributed by atoms with van der Waals surface area (Å²) in [6.45, 7) is 0. The lowest BCUT2D eigenvalue weighted by Gasteiger charge is -2.19. The van der Waals surface area contributed by atoms with Gasteiger partial charge in [0, 0.05) is 26.6 Å². The molecule has 0 aliphatic rings. The van der Waals surface area contributed by atoms with Crippen LogP contribution in [0.5, 0.6) is 0 Å². The molecule has 0 saturated carbocycles. The zero-order chi connectivity index (χ0) is 15.1. The molecule has 6 heteroatoms. The molecule has 2 N–H and O–H groups in total. The zero-order valence-electron chi connectivity index (χ0n) is 11.5. The molecule has 0 aliphatic carbocycles. The number of benzene rings is 1. The number of nitriles is 1. The SMILES string of the molecule is CN(C)C(=O)C[C@@H](Cc1ccc(C#N)cc1)NC(=O)O. The minimum atomic E-state index is -1.16. The molecule has 6 nitrogen and oxygen atoms in total. The molecule has 1 atom stereocenters. The van der Waals surface area contributed by atoms with Gasteiger partial charge in [-0.3, -0.25) is 4.79 Å². The Morgan fingerprint density at radius 1 is 1.35 bits per heavy atom. The van der Waals surface area contributed by atoms with E-state index in [4.69, 9.17) is 10.4 Å². The Morgan fingerprint density at radius 2 is 1.95 bits per heavy atom. The maximum absolute atomic E-state index is 11.7. The first-order chi connectivity index (χ1) is 9.42. The summed E-state index contributed by atoms with van der Waals surface area (Å²) < 4.78 is 0. The van der Waals surface area contributed by atoms with E-state index < -0.39 is 12.1 Å². The maximum Gasteiger partial charge on any atom is 0.404 e. The monoisotopic (exact) mass is 275 g/mol. The summed E-state index contributed by atoms with van der Waals surface area (Å²) in [6.07, 6.45) is -0.660. The van der Waals surface area contributed by atoms with Crippen molar-refractivity contribution in [1.29, 1.82) is 5.26 Å². The molecule has 0 saturated heterocycles. The average molecular weight is 275 g/mol. The van der Waals surface area contributed by atoms with Crippen molar-refractivity contribution in [2.24, 2.45) is 0 Å². The Balaban J connectivity index is 2.75. The highest BCUT2D eigenvalue weighted by Gasteiger charge is 2.17. The number of carbonyl (C=O) groups excluding carboxylic acids is 1. The van der Waals surface area contributed by atoms with Crippen LogP contribution in [0.3, 0.4) is 0 Å². The fraction of sp³-hybridized carbons (Fsp3) is 0.357. The molecule has 0 bridgehead atoms. The van der Waals surface area contributed by atoms with Crippen molar-refractivity contribution in [3.05, 3.63) is 35.4 Å². The number of hydrogen-bond acceptors (Lipinski definition) is 3. The second-order valence-corrected chi connectivity index (χ2v) is 4.65. The summed E-state index contributed by atoms with van der Waals surface area (Å²) in [7, 11) is 3.25. The second kappa shape index (κ2) is 7.14. The number of hydrogen-bond donors (Lipinski definition) is 2. The lowest BCUT2D eigenvalue weighted by atomic mass is 10.0. The molecule has 106 valence electrons. The summed E-state index contributed by atoms with van der Waals surface area (Å²) in [6, 6.07) is 8.38. The van der Waals surface area contributed by atoms with Crippen molar-refractivity contribution in [3.8, 4) is 6.07 Å². The molecule has 0 unspecified atom stereocenters. The minimum Gasteiger partial charge on any atom is -0.465 e. The quantitative estimate of drug-likeness (QED) is 0.844. The number of nitrogens with one attached hydrogen (secondary N) is 1. The van der Waals surface area contributed by atoms with Crippen LogP contribution in [0.25, 0.3) is 0 Å². The normalized spacial score (nSPS) is 11.2. The predicted octanol–water partition coefficient (Wildman–Crippen LogP) is 1.22. The Kier molecular flexibility index (Phi) is 5.54. The van der Waals surface area contributed by atoms with Gasteiger partial charge in [-0.1, -0.05) is 12.1 Å². The highest BCUT2D eigenvalue weighted by atomic mass is 16.4. The first kappa shape index (κ1) is 15.5.